The Kier molecular flexibility index (Phi) is 6.19. The first kappa shape index (κ1) is 18.5. The lowest BCUT2D eigenvalue weighted by atomic mass is 10.1. The molecule has 0 aliphatic rings. The van der Waals surface area contributed by atoms with E-state index in [9.17, 15) is 19.3 Å². The van der Waals surface area contributed by atoms with Gasteiger partial charge in [-0.05, 0) is 37.4 Å². The number of rotatable bonds is 7. The Hall–Kier alpha value is -2.80. The number of likely N-dealkylation sites (N-methyl/N-ethyl adjacent to an activating group) is 1. The number of nitrogens with zero attached hydrogens (tertiary/aromatic N) is 2. The molecule has 6 nitrogen and oxygen atoms in total. The molecule has 0 aliphatic heterocycles. The third-order valence-corrected chi connectivity index (χ3v) is 3.86. The monoisotopic (exact) mass is 345 g/mol. The summed E-state index contributed by atoms with van der Waals surface area (Å²) in [7, 11) is 3.72. The van der Waals surface area contributed by atoms with Crippen molar-refractivity contribution in [2.24, 2.45) is 0 Å². The Balaban J connectivity index is 1.96. The number of halogens is 1. The maximum atomic E-state index is 13.4. The molecular formula is C18H20FN3O3. The van der Waals surface area contributed by atoms with Crippen LogP contribution in [0.2, 0.25) is 0 Å². The number of hydrogen-bond acceptors (Lipinski definition) is 4. The maximum Gasteiger partial charge on any atom is 0.269 e. The number of nitrogens with one attached hydrogen (secondary N) is 1. The van der Waals surface area contributed by atoms with Crippen LogP contribution in [-0.2, 0) is 11.2 Å². The Morgan fingerprint density at radius 2 is 1.92 bits per heavy atom. The number of hydrogen-bond donors (Lipinski definition) is 1. The number of amides is 1. The first-order chi connectivity index (χ1) is 11.9. The Morgan fingerprint density at radius 1 is 1.24 bits per heavy atom. The summed E-state index contributed by atoms with van der Waals surface area (Å²) in [5.74, 6) is -0.515. The fourth-order valence-corrected chi connectivity index (χ4v) is 2.51. The van der Waals surface area contributed by atoms with E-state index >= 15 is 0 Å². The zero-order valence-electron chi connectivity index (χ0n) is 14.1. The van der Waals surface area contributed by atoms with Crippen LogP contribution in [0.3, 0.4) is 0 Å². The fourth-order valence-electron chi connectivity index (χ4n) is 2.51. The summed E-state index contributed by atoms with van der Waals surface area (Å²) < 4.78 is 13.4. The van der Waals surface area contributed by atoms with E-state index in [0.29, 0.717) is 12.1 Å². The Labute approximate surface area is 145 Å². The molecule has 0 aliphatic carbocycles. The number of carbonyl (C=O) groups excluding carboxylic acids is 1. The van der Waals surface area contributed by atoms with Crippen LogP contribution in [0.15, 0.2) is 48.5 Å². The molecule has 1 amide bonds. The van der Waals surface area contributed by atoms with Crippen molar-refractivity contribution in [2.75, 3.05) is 20.6 Å². The van der Waals surface area contributed by atoms with Crippen LogP contribution in [0, 0.1) is 15.9 Å². The van der Waals surface area contributed by atoms with Crippen molar-refractivity contribution in [1.82, 2.24) is 10.2 Å². The molecule has 7 heteroatoms. The molecule has 0 fully saturated rings. The zero-order chi connectivity index (χ0) is 18.4. The van der Waals surface area contributed by atoms with E-state index in [1.165, 1.54) is 24.3 Å². The van der Waals surface area contributed by atoms with Gasteiger partial charge >= 0.3 is 0 Å². The highest BCUT2D eigenvalue weighted by Crippen LogP contribution is 2.18. The van der Waals surface area contributed by atoms with E-state index in [2.05, 4.69) is 5.32 Å². The van der Waals surface area contributed by atoms with Gasteiger partial charge in [-0.3, -0.25) is 14.9 Å². The summed E-state index contributed by atoms with van der Waals surface area (Å²) in [5.41, 5.74) is 1.46. The standard InChI is InChI=1S/C18H20FN3O3/c1-21(2)17(14-4-3-5-15(19)11-14)12-20-18(23)10-13-6-8-16(9-7-13)22(24)25/h3-9,11,17H,10,12H2,1-2H3,(H,20,23). The van der Waals surface area contributed by atoms with Crippen LogP contribution < -0.4 is 5.32 Å². The van der Waals surface area contributed by atoms with Gasteiger partial charge in [0.15, 0.2) is 0 Å². The summed E-state index contributed by atoms with van der Waals surface area (Å²) in [4.78, 5) is 24.2. The van der Waals surface area contributed by atoms with Gasteiger partial charge in [0.05, 0.1) is 17.4 Å². The second kappa shape index (κ2) is 8.34. The van der Waals surface area contributed by atoms with Crippen LogP contribution in [0.1, 0.15) is 17.2 Å². The topological polar surface area (TPSA) is 75.5 Å². The van der Waals surface area contributed by atoms with Crippen LogP contribution in [0.5, 0.6) is 0 Å². The minimum atomic E-state index is -0.482. The predicted molar refractivity (Wildman–Crippen MR) is 92.6 cm³/mol. The highest BCUT2D eigenvalue weighted by molar-refractivity contribution is 5.78. The minimum absolute atomic E-state index is 0.0112. The minimum Gasteiger partial charge on any atom is -0.354 e. The van der Waals surface area contributed by atoms with Crippen LogP contribution in [0.25, 0.3) is 0 Å². The Morgan fingerprint density at radius 3 is 2.48 bits per heavy atom. The van der Waals surface area contributed by atoms with Crippen molar-refractivity contribution in [3.63, 3.8) is 0 Å². The fraction of sp³-hybridized carbons (Fsp3) is 0.278. The largest absolute Gasteiger partial charge is 0.354 e. The van der Waals surface area contributed by atoms with Crippen LogP contribution in [-0.4, -0.2) is 36.4 Å². The molecule has 0 saturated heterocycles. The van der Waals surface area contributed by atoms with E-state index in [1.807, 2.05) is 25.1 Å². The lowest BCUT2D eigenvalue weighted by Crippen LogP contribution is -2.35. The average Bonchev–Trinajstić information content (AvgIpc) is 2.55. The molecule has 1 atom stereocenters. The van der Waals surface area contributed by atoms with E-state index in [-0.39, 0.29) is 29.9 Å². The van der Waals surface area contributed by atoms with Gasteiger partial charge in [0.1, 0.15) is 5.82 Å². The van der Waals surface area contributed by atoms with Gasteiger partial charge in [-0.1, -0.05) is 24.3 Å². The molecule has 2 aromatic carbocycles. The van der Waals surface area contributed by atoms with Crippen LogP contribution in [0.4, 0.5) is 10.1 Å². The van der Waals surface area contributed by atoms with E-state index in [0.717, 1.165) is 5.56 Å². The number of non-ortho nitro benzene ring substituents is 1. The molecule has 0 radical (unpaired) electrons. The van der Waals surface area contributed by atoms with Gasteiger partial charge in [0.2, 0.25) is 5.91 Å². The molecule has 0 heterocycles. The number of benzene rings is 2. The molecule has 0 bridgehead atoms. The summed E-state index contributed by atoms with van der Waals surface area (Å²) in [5, 5.41) is 13.5. The van der Waals surface area contributed by atoms with Gasteiger partial charge in [0, 0.05) is 18.7 Å². The van der Waals surface area contributed by atoms with E-state index < -0.39 is 4.92 Å². The van der Waals surface area contributed by atoms with Gasteiger partial charge in [-0.15, -0.1) is 0 Å². The normalized spacial score (nSPS) is 12.0. The number of carbonyl (C=O) groups is 1. The number of nitro groups is 1. The number of nitro benzene ring substituents is 1. The Bertz CT molecular complexity index is 747. The van der Waals surface area contributed by atoms with Crippen molar-refractivity contribution in [3.8, 4) is 0 Å². The SMILES string of the molecule is CN(C)C(CNC(=O)Cc1ccc([N+](=O)[O-])cc1)c1cccc(F)c1. The van der Waals surface area contributed by atoms with E-state index in [1.54, 1.807) is 18.2 Å². The second-order valence-electron chi connectivity index (χ2n) is 5.94. The third-order valence-electron chi connectivity index (χ3n) is 3.86. The highest BCUT2D eigenvalue weighted by atomic mass is 19.1. The first-order valence-electron chi connectivity index (χ1n) is 7.78. The van der Waals surface area contributed by atoms with Gasteiger partial charge in [-0.25, -0.2) is 4.39 Å². The first-order valence-corrected chi connectivity index (χ1v) is 7.78. The molecule has 0 aromatic heterocycles. The lowest BCUT2D eigenvalue weighted by Gasteiger charge is -2.25. The highest BCUT2D eigenvalue weighted by Gasteiger charge is 2.16. The zero-order valence-corrected chi connectivity index (χ0v) is 14.1. The van der Waals surface area contributed by atoms with Crippen molar-refractivity contribution >= 4 is 11.6 Å². The summed E-state index contributed by atoms with van der Waals surface area (Å²) in [6.45, 7) is 0.336. The predicted octanol–water partition coefficient (Wildman–Crippen LogP) is 2.70. The molecule has 25 heavy (non-hydrogen) atoms. The summed E-state index contributed by atoms with van der Waals surface area (Å²) in [6.07, 6.45) is 0.126. The average molecular weight is 345 g/mol. The molecule has 132 valence electrons. The summed E-state index contributed by atoms with van der Waals surface area (Å²) >= 11 is 0. The third kappa shape index (κ3) is 5.36. The molecule has 1 unspecified atom stereocenters. The smallest absolute Gasteiger partial charge is 0.269 e. The molecule has 2 rings (SSSR count). The molecule has 1 N–H and O–H groups in total. The maximum absolute atomic E-state index is 13.4. The van der Waals surface area contributed by atoms with Crippen molar-refractivity contribution in [1.29, 1.82) is 0 Å². The van der Waals surface area contributed by atoms with Crippen molar-refractivity contribution < 1.29 is 14.1 Å². The van der Waals surface area contributed by atoms with Gasteiger partial charge in [-0.2, -0.15) is 0 Å². The van der Waals surface area contributed by atoms with Crippen molar-refractivity contribution in [2.45, 2.75) is 12.5 Å². The van der Waals surface area contributed by atoms with Crippen molar-refractivity contribution in [3.05, 3.63) is 75.6 Å². The van der Waals surface area contributed by atoms with Crippen LogP contribution >= 0.6 is 0 Å². The summed E-state index contributed by atoms with van der Waals surface area (Å²) in [6, 6.07) is 12.0. The molecular weight excluding hydrogens is 325 g/mol. The molecule has 2 aromatic rings. The van der Waals surface area contributed by atoms with Gasteiger partial charge < -0.3 is 10.2 Å². The van der Waals surface area contributed by atoms with Gasteiger partial charge in [0.25, 0.3) is 5.69 Å². The molecule has 0 spiro atoms. The second-order valence-corrected chi connectivity index (χ2v) is 5.94. The quantitative estimate of drug-likeness (QED) is 0.618. The van der Waals surface area contributed by atoms with E-state index in [4.69, 9.17) is 0 Å². The molecule has 0 saturated carbocycles. The lowest BCUT2D eigenvalue weighted by molar-refractivity contribution is -0.384.